The summed E-state index contributed by atoms with van der Waals surface area (Å²) in [6.45, 7) is 0.738. The summed E-state index contributed by atoms with van der Waals surface area (Å²) < 4.78 is 31.1. The van der Waals surface area contributed by atoms with Gasteiger partial charge in [-0.15, -0.1) is 0 Å². The number of rotatable bonds is 8. The van der Waals surface area contributed by atoms with Crippen molar-refractivity contribution < 1.29 is 28.2 Å². The van der Waals surface area contributed by atoms with Gasteiger partial charge in [0.2, 0.25) is 0 Å². The van der Waals surface area contributed by atoms with Crippen LogP contribution in [0.25, 0.3) is 16.9 Å². The molecule has 0 spiro atoms. The molecule has 1 heterocycles. The average molecular weight is 438 g/mol. The van der Waals surface area contributed by atoms with Crippen LogP contribution in [0.5, 0.6) is 0 Å². The molecule has 7 nitrogen and oxygen atoms in total. The molecule has 0 aliphatic heterocycles. The molecule has 166 valence electrons. The number of para-hydroxylation sites is 1. The molecule has 3 aromatic rings. The third-order valence-corrected chi connectivity index (χ3v) is 5.28. The topological polar surface area (TPSA) is 79.7 Å². The van der Waals surface area contributed by atoms with Crippen LogP contribution < -0.4 is 0 Å². The fourth-order valence-corrected chi connectivity index (χ4v) is 3.48. The van der Waals surface area contributed by atoms with Crippen molar-refractivity contribution in [1.82, 2.24) is 9.78 Å². The first-order valence-corrected chi connectivity index (χ1v) is 10.2. The molecule has 1 saturated carbocycles. The zero-order valence-corrected chi connectivity index (χ0v) is 17.8. The minimum Gasteiger partial charge on any atom is -0.465 e. The highest BCUT2D eigenvalue weighted by Gasteiger charge is 2.32. The second-order valence-corrected chi connectivity index (χ2v) is 7.56. The lowest BCUT2D eigenvalue weighted by molar-refractivity contribution is 0.0549. The third kappa shape index (κ3) is 4.40. The van der Waals surface area contributed by atoms with E-state index in [9.17, 15) is 14.0 Å². The molecular formula is C24H23FN2O5. The molecular weight excluding hydrogens is 415 g/mol. The van der Waals surface area contributed by atoms with Crippen LogP contribution in [0, 0.1) is 11.7 Å². The quantitative estimate of drug-likeness (QED) is 0.491. The van der Waals surface area contributed by atoms with Gasteiger partial charge in [0.25, 0.3) is 0 Å². The van der Waals surface area contributed by atoms with Crippen LogP contribution in [-0.2, 0) is 20.8 Å². The minimum atomic E-state index is -0.753. The molecule has 0 radical (unpaired) electrons. The van der Waals surface area contributed by atoms with Crippen LogP contribution in [0.4, 0.5) is 4.39 Å². The molecule has 1 aliphatic carbocycles. The number of aromatic nitrogens is 2. The monoisotopic (exact) mass is 438 g/mol. The predicted octanol–water partition coefficient (Wildman–Crippen LogP) is 4.18. The summed E-state index contributed by atoms with van der Waals surface area (Å²) in [5.74, 6) is -1.40. The number of hydrogen-bond acceptors (Lipinski definition) is 6. The minimum absolute atomic E-state index is 0.0572. The Balaban J connectivity index is 1.89. The normalized spacial score (nSPS) is 13.1. The highest BCUT2D eigenvalue weighted by molar-refractivity contribution is 6.07. The average Bonchev–Trinajstić information content (AvgIpc) is 3.56. The number of halogens is 1. The molecule has 1 aliphatic rings. The Bertz CT molecular complexity index is 1140. The molecule has 1 fully saturated rings. The summed E-state index contributed by atoms with van der Waals surface area (Å²) in [6.07, 6.45) is 2.26. The molecule has 0 atom stereocenters. The summed E-state index contributed by atoms with van der Waals surface area (Å²) in [5.41, 5.74) is 1.60. The van der Waals surface area contributed by atoms with Crippen molar-refractivity contribution in [3.63, 3.8) is 0 Å². The van der Waals surface area contributed by atoms with Gasteiger partial charge in [-0.1, -0.05) is 18.2 Å². The standard InChI is InChI=1S/C24H23FN2O5/c1-30-23(28)20-21(19-11-10-17(25)12-16(19)14-32-13-15-8-9-15)26-27(22(20)24(29)31-2)18-6-4-3-5-7-18/h3-7,10-12,15H,8-9,13-14H2,1-2H3. The maximum absolute atomic E-state index is 14.1. The van der Waals surface area contributed by atoms with E-state index in [-0.39, 0.29) is 23.6 Å². The second-order valence-electron chi connectivity index (χ2n) is 7.56. The molecule has 1 aromatic heterocycles. The second kappa shape index (κ2) is 9.32. The highest BCUT2D eigenvalue weighted by Crippen LogP contribution is 2.33. The Morgan fingerprint density at radius 3 is 2.44 bits per heavy atom. The van der Waals surface area contributed by atoms with Gasteiger partial charge in [0.05, 0.1) is 26.5 Å². The van der Waals surface area contributed by atoms with Gasteiger partial charge in [-0.25, -0.2) is 18.7 Å². The maximum Gasteiger partial charge on any atom is 0.357 e. The van der Waals surface area contributed by atoms with Crippen molar-refractivity contribution in [2.45, 2.75) is 19.4 Å². The van der Waals surface area contributed by atoms with Crippen molar-refractivity contribution in [3.05, 3.63) is 71.2 Å². The lowest BCUT2D eigenvalue weighted by Gasteiger charge is -2.10. The van der Waals surface area contributed by atoms with Crippen LogP contribution in [-0.4, -0.2) is 42.5 Å². The van der Waals surface area contributed by atoms with Crippen LogP contribution >= 0.6 is 0 Å². The van der Waals surface area contributed by atoms with Crippen molar-refractivity contribution in [2.24, 2.45) is 5.92 Å². The molecule has 0 unspecified atom stereocenters. The van der Waals surface area contributed by atoms with E-state index in [4.69, 9.17) is 14.2 Å². The van der Waals surface area contributed by atoms with Crippen LogP contribution in [0.3, 0.4) is 0 Å². The van der Waals surface area contributed by atoms with E-state index in [1.807, 2.05) is 6.07 Å². The zero-order valence-electron chi connectivity index (χ0n) is 17.8. The van der Waals surface area contributed by atoms with Gasteiger partial charge in [-0.05, 0) is 54.7 Å². The van der Waals surface area contributed by atoms with Gasteiger partial charge in [0.15, 0.2) is 5.69 Å². The van der Waals surface area contributed by atoms with E-state index in [0.717, 1.165) is 12.8 Å². The number of carbonyl (C=O) groups excluding carboxylic acids is 2. The van der Waals surface area contributed by atoms with Gasteiger partial charge in [0.1, 0.15) is 17.1 Å². The Kier molecular flexibility index (Phi) is 6.32. The number of methoxy groups -OCH3 is 2. The smallest absolute Gasteiger partial charge is 0.357 e. The number of nitrogens with zero attached hydrogens (tertiary/aromatic N) is 2. The zero-order chi connectivity index (χ0) is 22.7. The fraction of sp³-hybridized carbons (Fsp3) is 0.292. The molecule has 8 heteroatoms. The third-order valence-electron chi connectivity index (χ3n) is 5.28. The van der Waals surface area contributed by atoms with E-state index < -0.39 is 17.8 Å². The van der Waals surface area contributed by atoms with Crippen molar-refractivity contribution in [3.8, 4) is 16.9 Å². The fourth-order valence-electron chi connectivity index (χ4n) is 3.48. The van der Waals surface area contributed by atoms with Crippen LogP contribution in [0.15, 0.2) is 48.5 Å². The Hall–Kier alpha value is -3.52. The summed E-state index contributed by atoms with van der Waals surface area (Å²) >= 11 is 0. The summed E-state index contributed by atoms with van der Waals surface area (Å²) in [4.78, 5) is 25.5. The number of esters is 2. The van der Waals surface area contributed by atoms with Gasteiger partial charge >= 0.3 is 11.9 Å². The van der Waals surface area contributed by atoms with Crippen LogP contribution in [0.2, 0.25) is 0 Å². The molecule has 0 saturated heterocycles. The van der Waals surface area contributed by atoms with Gasteiger partial charge in [-0.2, -0.15) is 5.10 Å². The first-order chi connectivity index (χ1) is 15.5. The van der Waals surface area contributed by atoms with E-state index >= 15 is 0 Å². The predicted molar refractivity (Wildman–Crippen MR) is 114 cm³/mol. The lowest BCUT2D eigenvalue weighted by atomic mass is 10.0. The Morgan fingerprint density at radius 2 is 1.78 bits per heavy atom. The lowest BCUT2D eigenvalue weighted by Crippen LogP contribution is -2.15. The number of ether oxygens (including phenoxy) is 3. The van der Waals surface area contributed by atoms with Crippen molar-refractivity contribution >= 4 is 11.9 Å². The summed E-state index contributed by atoms with van der Waals surface area (Å²) in [5, 5.41) is 4.57. The largest absolute Gasteiger partial charge is 0.465 e. The number of hydrogen-bond donors (Lipinski definition) is 0. The van der Waals surface area contributed by atoms with Gasteiger partial charge in [-0.3, -0.25) is 0 Å². The molecule has 0 bridgehead atoms. The van der Waals surface area contributed by atoms with Crippen molar-refractivity contribution in [1.29, 1.82) is 0 Å². The van der Waals surface area contributed by atoms with Gasteiger partial charge < -0.3 is 14.2 Å². The first kappa shape index (κ1) is 21.7. The number of carbonyl (C=O) groups is 2. The maximum atomic E-state index is 14.1. The first-order valence-electron chi connectivity index (χ1n) is 10.2. The van der Waals surface area contributed by atoms with E-state index in [1.54, 1.807) is 24.3 Å². The van der Waals surface area contributed by atoms with Gasteiger partial charge in [0, 0.05) is 12.2 Å². The molecule has 32 heavy (non-hydrogen) atoms. The number of benzene rings is 2. The molecule has 0 N–H and O–H groups in total. The Morgan fingerprint density at radius 1 is 1.06 bits per heavy atom. The Labute approximate surface area is 184 Å². The molecule has 0 amide bonds. The summed E-state index contributed by atoms with van der Waals surface area (Å²) in [7, 11) is 2.44. The molecule has 2 aromatic carbocycles. The van der Waals surface area contributed by atoms with E-state index in [2.05, 4.69) is 5.10 Å². The van der Waals surface area contributed by atoms with Crippen LogP contribution in [0.1, 0.15) is 39.3 Å². The molecule has 4 rings (SSSR count). The highest BCUT2D eigenvalue weighted by atomic mass is 19.1. The van der Waals surface area contributed by atoms with E-state index in [0.29, 0.717) is 29.3 Å². The van der Waals surface area contributed by atoms with E-state index in [1.165, 1.54) is 37.1 Å². The van der Waals surface area contributed by atoms with Crippen molar-refractivity contribution in [2.75, 3.05) is 20.8 Å². The summed E-state index contributed by atoms with van der Waals surface area (Å²) in [6, 6.07) is 13.0. The SMILES string of the molecule is COC(=O)c1c(-c2ccc(F)cc2COCC2CC2)nn(-c2ccccc2)c1C(=O)OC.